The van der Waals surface area contributed by atoms with E-state index in [4.69, 9.17) is 0 Å². The quantitative estimate of drug-likeness (QED) is 0.782. The van der Waals surface area contributed by atoms with Crippen molar-refractivity contribution in [2.45, 2.75) is 18.9 Å². The van der Waals surface area contributed by atoms with E-state index in [0.717, 1.165) is 37.3 Å². The number of nitrogens with zero attached hydrogens (tertiary/aromatic N) is 3. The average molecular weight is 277 g/mol. The molecule has 0 radical (unpaired) electrons. The molecule has 4 nitrogen and oxygen atoms in total. The number of hydrogen-bond donors (Lipinski definition) is 0. The molecule has 1 aromatic carbocycles. The summed E-state index contributed by atoms with van der Waals surface area (Å²) in [6.45, 7) is 2.37. The van der Waals surface area contributed by atoms with E-state index in [1.54, 1.807) is 6.07 Å². The molecular formula is C15H20FN3O. The lowest BCUT2D eigenvalue weighted by molar-refractivity contribution is -0.122. The van der Waals surface area contributed by atoms with Gasteiger partial charge >= 0.3 is 0 Å². The third-order valence-electron chi connectivity index (χ3n) is 4.37. The van der Waals surface area contributed by atoms with Gasteiger partial charge in [0, 0.05) is 20.1 Å². The van der Waals surface area contributed by atoms with E-state index < -0.39 is 0 Å². The molecule has 5 heteroatoms. The van der Waals surface area contributed by atoms with Crippen LogP contribution < -0.4 is 9.80 Å². The van der Waals surface area contributed by atoms with Crippen LogP contribution in [0.2, 0.25) is 0 Å². The highest BCUT2D eigenvalue weighted by Crippen LogP contribution is 2.34. The highest BCUT2D eigenvalue weighted by Gasteiger charge is 2.34. The summed E-state index contributed by atoms with van der Waals surface area (Å²) in [6, 6.07) is 4.62. The standard InChI is InChI=1S/C15H20FN3O/c1-17-7-3-4-13(17)15(20)19-9-8-18(2)14-10-11(16)5-6-12(14)19/h5-6,10,13H,3-4,7-9H2,1-2H3. The van der Waals surface area contributed by atoms with E-state index in [1.165, 1.54) is 12.1 Å². The SMILES string of the molecule is CN1CCN(C(=O)C2CCCN2C)c2ccc(F)cc21. The highest BCUT2D eigenvalue weighted by molar-refractivity contribution is 6.01. The number of carbonyl (C=O) groups excluding carboxylic acids is 1. The van der Waals surface area contributed by atoms with Gasteiger partial charge in [-0.1, -0.05) is 0 Å². The van der Waals surface area contributed by atoms with E-state index in [-0.39, 0.29) is 17.8 Å². The summed E-state index contributed by atoms with van der Waals surface area (Å²) < 4.78 is 13.4. The zero-order chi connectivity index (χ0) is 14.3. The fraction of sp³-hybridized carbons (Fsp3) is 0.533. The monoisotopic (exact) mass is 277 g/mol. The first-order chi connectivity index (χ1) is 9.58. The molecule has 2 aliphatic heterocycles. The maximum absolute atomic E-state index is 13.4. The van der Waals surface area contributed by atoms with Crippen molar-refractivity contribution >= 4 is 17.3 Å². The minimum absolute atomic E-state index is 0.0312. The number of halogens is 1. The van der Waals surface area contributed by atoms with Crippen molar-refractivity contribution in [3.63, 3.8) is 0 Å². The topological polar surface area (TPSA) is 26.8 Å². The normalized spacial score (nSPS) is 23.1. The lowest BCUT2D eigenvalue weighted by Crippen LogP contribution is -2.49. The van der Waals surface area contributed by atoms with Crippen LogP contribution in [0.4, 0.5) is 15.8 Å². The third-order valence-corrected chi connectivity index (χ3v) is 4.37. The van der Waals surface area contributed by atoms with Gasteiger partial charge in [0.05, 0.1) is 17.4 Å². The molecule has 1 saturated heterocycles. The molecule has 1 aromatic rings. The maximum atomic E-state index is 13.4. The number of carbonyl (C=O) groups is 1. The molecule has 0 N–H and O–H groups in total. The molecule has 0 spiro atoms. The summed E-state index contributed by atoms with van der Waals surface area (Å²) in [7, 11) is 3.93. The van der Waals surface area contributed by atoms with Gasteiger partial charge in [-0.25, -0.2) is 4.39 Å². The molecule has 0 aromatic heterocycles. The second-order valence-electron chi connectivity index (χ2n) is 5.68. The zero-order valence-corrected chi connectivity index (χ0v) is 12.0. The molecular weight excluding hydrogens is 257 g/mol. The molecule has 1 atom stereocenters. The Labute approximate surface area is 118 Å². The molecule has 0 saturated carbocycles. The van der Waals surface area contributed by atoms with Gasteiger partial charge in [0.1, 0.15) is 5.82 Å². The molecule has 3 rings (SSSR count). The summed E-state index contributed by atoms with van der Waals surface area (Å²) in [5.41, 5.74) is 1.62. The van der Waals surface area contributed by atoms with Crippen molar-refractivity contribution in [3.05, 3.63) is 24.0 Å². The summed E-state index contributed by atoms with van der Waals surface area (Å²) >= 11 is 0. The number of benzene rings is 1. The van der Waals surface area contributed by atoms with Crippen LogP contribution in [0.1, 0.15) is 12.8 Å². The Bertz CT molecular complexity index is 534. The van der Waals surface area contributed by atoms with Crippen molar-refractivity contribution in [1.82, 2.24) is 4.90 Å². The number of fused-ring (bicyclic) bond motifs is 1. The molecule has 0 aliphatic carbocycles. The van der Waals surface area contributed by atoms with Gasteiger partial charge in [-0.15, -0.1) is 0 Å². The molecule has 2 heterocycles. The van der Waals surface area contributed by atoms with Crippen LogP contribution in [0.5, 0.6) is 0 Å². The van der Waals surface area contributed by atoms with Crippen LogP contribution in [0.3, 0.4) is 0 Å². The van der Waals surface area contributed by atoms with Crippen LogP contribution in [0, 0.1) is 5.82 Å². The lowest BCUT2D eigenvalue weighted by atomic mass is 10.1. The average Bonchev–Trinajstić information content (AvgIpc) is 2.85. The Morgan fingerprint density at radius 2 is 2.00 bits per heavy atom. The maximum Gasteiger partial charge on any atom is 0.244 e. The largest absolute Gasteiger partial charge is 0.371 e. The predicted octanol–water partition coefficient (Wildman–Crippen LogP) is 1.70. The van der Waals surface area contributed by atoms with Crippen LogP contribution in [-0.4, -0.2) is 50.6 Å². The molecule has 20 heavy (non-hydrogen) atoms. The summed E-state index contributed by atoms with van der Waals surface area (Å²) in [5, 5.41) is 0. The molecule has 1 fully saturated rings. The number of likely N-dealkylation sites (tertiary alicyclic amines) is 1. The van der Waals surface area contributed by atoms with Crippen molar-refractivity contribution in [3.8, 4) is 0 Å². The molecule has 108 valence electrons. The van der Waals surface area contributed by atoms with Crippen LogP contribution in [-0.2, 0) is 4.79 Å². The van der Waals surface area contributed by atoms with E-state index in [1.807, 2.05) is 23.9 Å². The zero-order valence-electron chi connectivity index (χ0n) is 12.0. The van der Waals surface area contributed by atoms with Gasteiger partial charge in [-0.05, 0) is 44.6 Å². The molecule has 2 aliphatic rings. The van der Waals surface area contributed by atoms with E-state index in [0.29, 0.717) is 6.54 Å². The van der Waals surface area contributed by atoms with Gasteiger partial charge in [-0.3, -0.25) is 9.69 Å². The first-order valence-electron chi connectivity index (χ1n) is 7.10. The number of hydrogen-bond acceptors (Lipinski definition) is 3. The molecule has 1 unspecified atom stereocenters. The summed E-state index contributed by atoms with van der Waals surface area (Å²) in [6.07, 6.45) is 1.98. The predicted molar refractivity (Wildman–Crippen MR) is 77.7 cm³/mol. The van der Waals surface area contributed by atoms with Gasteiger partial charge in [0.15, 0.2) is 0 Å². The Kier molecular flexibility index (Phi) is 3.38. The number of anilines is 2. The van der Waals surface area contributed by atoms with Crippen LogP contribution in [0.15, 0.2) is 18.2 Å². The van der Waals surface area contributed by atoms with E-state index in [9.17, 15) is 9.18 Å². The van der Waals surface area contributed by atoms with Crippen molar-refractivity contribution in [1.29, 1.82) is 0 Å². The fourth-order valence-electron chi connectivity index (χ4n) is 3.15. The smallest absolute Gasteiger partial charge is 0.244 e. The number of rotatable bonds is 1. The van der Waals surface area contributed by atoms with Gasteiger partial charge in [0.2, 0.25) is 5.91 Å². The first kappa shape index (κ1) is 13.4. The minimum atomic E-state index is -0.261. The van der Waals surface area contributed by atoms with Gasteiger partial charge in [-0.2, -0.15) is 0 Å². The van der Waals surface area contributed by atoms with E-state index >= 15 is 0 Å². The second-order valence-corrected chi connectivity index (χ2v) is 5.68. The van der Waals surface area contributed by atoms with Crippen LogP contribution >= 0.6 is 0 Å². The Balaban J connectivity index is 1.92. The van der Waals surface area contributed by atoms with Crippen molar-refractivity contribution < 1.29 is 9.18 Å². The fourth-order valence-corrected chi connectivity index (χ4v) is 3.15. The Morgan fingerprint density at radius 3 is 2.70 bits per heavy atom. The lowest BCUT2D eigenvalue weighted by Gasteiger charge is -2.37. The second kappa shape index (κ2) is 5.05. The number of amides is 1. The van der Waals surface area contributed by atoms with Crippen LogP contribution in [0.25, 0.3) is 0 Å². The van der Waals surface area contributed by atoms with Crippen molar-refractivity contribution in [2.24, 2.45) is 0 Å². The van der Waals surface area contributed by atoms with Gasteiger partial charge < -0.3 is 9.80 Å². The Morgan fingerprint density at radius 1 is 1.20 bits per heavy atom. The molecule has 1 amide bonds. The molecule has 0 bridgehead atoms. The van der Waals surface area contributed by atoms with Crippen molar-refractivity contribution in [2.75, 3.05) is 43.5 Å². The minimum Gasteiger partial charge on any atom is -0.371 e. The summed E-state index contributed by atoms with van der Waals surface area (Å²) in [4.78, 5) is 18.7. The first-order valence-corrected chi connectivity index (χ1v) is 7.10. The highest BCUT2D eigenvalue weighted by atomic mass is 19.1. The van der Waals surface area contributed by atoms with E-state index in [2.05, 4.69) is 4.90 Å². The van der Waals surface area contributed by atoms with Gasteiger partial charge in [0.25, 0.3) is 0 Å². The Hall–Kier alpha value is -1.62. The third kappa shape index (κ3) is 2.16. The number of likely N-dealkylation sites (N-methyl/N-ethyl adjacent to an activating group) is 2. The summed E-state index contributed by atoms with van der Waals surface area (Å²) in [5.74, 6) is -0.117.